The third-order valence-corrected chi connectivity index (χ3v) is 5.25. The van der Waals surface area contributed by atoms with E-state index in [0.717, 1.165) is 0 Å². The molecule has 15 heteroatoms. The second-order valence-corrected chi connectivity index (χ2v) is 8.50. The molecule has 5 unspecified atom stereocenters. The molecule has 34 heavy (non-hydrogen) atoms. The van der Waals surface area contributed by atoms with Crippen LogP contribution in [0.2, 0.25) is 0 Å². The molecule has 0 rings (SSSR count). The molecule has 0 aliphatic carbocycles. The lowest BCUT2D eigenvalue weighted by molar-refractivity contribution is -0.143. The molecular formula is C19H33N5O9S. The first-order valence-electron chi connectivity index (χ1n) is 10.4. The van der Waals surface area contributed by atoms with E-state index in [-0.39, 0.29) is 12.8 Å². The van der Waals surface area contributed by atoms with Crippen LogP contribution in [-0.4, -0.2) is 93.2 Å². The molecule has 194 valence electrons. The monoisotopic (exact) mass is 507 g/mol. The number of aliphatic hydroxyl groups excluding tert-OH is 1. The number of carbonyl (C=O) groups is 6. The normalized spacial score (nSPS) is 15.2. The van der Waals surface area contributed by atoms with E-state index in [1.807, 2.05) is 6.26 Å². The zero-order valence-electron chi connectivity index (χ0n) is 19.0. The zero-order valence-corrected chi connectivity index (χ0v) is 19.8. The van der Waals surface area contributed by atoms with Gasteiger partial charge in [0.2, 0.25) is 23.6 Å². The molecule has 5 atom stereocenters. The highest BCUT2D eigenvalue weighted by atomic mass is 32.2. The minimum Gasteiger partial charge on any atom is -0.481 e. The van der Waals surface area contributed by atoms with Crippen molar-refractivity contribution in [1.82, 2.24) is 16.0 Å². The number of nitrogens with one attached hydrogen (secondary N) is 3. The van der Waals surface area contributed by atoms with Gasteiger partial charge in [-0.2, -0.15) is 11.8 Å². The van der Waals surface area contributed by atoms with Gasteiger partial charge in [-0.25, -0.2) is 4.79 Å². The summed E-state index contributed by atoms with van der Waals surface area (Å²) in [6.45, 7) is 1.22. The van der Waals surface area contributed by atoms with Crippen molar-refractivity contribution in [3.05, 3.63) is 0 Å². The number of thioether (sulfide) groups is 1. The Morgan fingerprint density at radius 3 is 1.88 bits per heavy atom. The number of carboxylic acids is 2. The maximum absolute atomic E-state index is 12.7. The van der Waals surface area contributed by atoms with Gasteiger partial charge in [0, 0.05) is 12.8 Å². The van der Waals surface area contributed by atoms with Crippen LogP contribution >= 0.6 is 11.8 Å². The number of carbonyl (C=O) groups excluding carboxylic acids is 4. The molecule has 0 radical (unpaired) electrons. The molecule has 0 aromatic heterocycles. The lowest BCUT2D eigenvalue weighted by Gasteiger charge is -2.26. The third kappa shape index (κ3) is 12.4. The highest BCUT2D eigenvalue weighted by molar-refractivity contribution is 7.98. The molecule has 0 saturated carbocycles. The largest absolute Gasteiger partial charge is 0.481 e. The zero-order chi connectivity index (χ0) is 26.4. The Morgan fingerprint density at radius 2 is 1.41 bits per heavy atom. The third-order valence-electron chi connectivity index (χ3n) is 4.61. The smallest absolute Gasteiger partial charge is 0.326 e. The quantitative estimate of drug-likeness (QED) is 0.0992. The number of aliphatic hydroxyl groups is 1. The fourth-order valence-electron chi connectivity index (χ4n) is 2.66. The second-order valence-electron chi connectivity index (χ2n) is 7.51. The molecule has 4 amide bonds. The molecule has 0 saturated heterocycles. The van der Waals surface area contributed by atoms with Gasteiger partial charge in [-0.1, -0.05) is 0 Å². The minimum absolute atomic E-state index is 0.314. The number of aliphatic carboxylic acids is 2. The van der Waals surface area contributed by atoms with Crippen molar-refractivity contribution in [2.45, 2.75) is 69.3 Å². The molecule has 0 aliphatic heterocycles. The summed E-state index contributed by atoms with van der Waals surface area (Å²) in [4.78, 5) is 70.9. The van der Waals surface area contributed by atoms with E-state index in [2.05, 4.69) is 16.0 Å². The molecule has 14 nitrogen and oxygen atoms in total. The minimum atomic E-state index is -1.57. The Balaban J connectivity index is 5.47. The summed E-state index contributed by atoms with van der Waals surface area (Å²) in [5.41, 5.74) is 10.9. The van der Waals surface area contributed by atoms with E-state index >= 15 is 0 Å². The molecule has 0 heterocycles. The van der Waals surface area contributed by atoms with Crippen LogP contribution in [0.15, 0.2) is 0 Å². The van der Waals surface area contributed by atoms with Gasteiger partial charge in [-0.3, -0.25) is 24.0 Å². The first-order chi connectivity index (χ1) is 15.8. The van der Waals surface area contributed by atoms with E-state index in [0.29, 0.717) is 12.2 Å². The van der Waals surface area contributed by atoms with Crippen LogP contribution in [-0.2, 0) is 28.8 Å². The van der Waals surface area contributed by atoms with Crippen molar-refractivity contribution in [1.29, 1.82) is 0 Å². The van der Waals surface area contributed by atoms with E-state index in [9.17, 15) is 39.0 Å². The average Bonchev–Trinajstić information content (AvgIpc) is 2.74. The van der Waals surface area contributed by atoms with Crippen LogP contribution in [0.5, 0.6) is 0 Å². The predicted octanol–water partition coefficient (Wildman–Crippen LogP) is -2.88. The van der Waals surface area contributed by atoms with Crippen LogP contribution < -0.4 is 27.4 Å². The Kier molecular flexibility index (Phi) is 14.5. The summed E-state index contributed by atoms with van der Waals surface area (Å²) in [6.07, 6.45) is -0.876. The van der Waals surface area contributed by atoms with Crippen molar-refractivity contribution < 1.29 is 44.1 Å². The molecular weight excluding hydrogens is 474 g/mol. The van der Waals surface area contributed by atoms with Crippen LogP contribution in [0.1, 0.15) is 39.0 Å². The first-order valence-corrected chi connectivity index (χ1v) is 11.8. The van der Waals surface area contributed by atoms with Crippen molar-refractivity contribution >= 4 is 47.3 Å². The fourth-order valence-corrected chi connectivity index (χ4v) is 3.15. The van der Waals surface area contributed by atoms with Crippen LogP contribution in [0, 0.1) is 0 Å². The molecule has 0 spiro atoms. The Labute approximate surface area is 200 Å². The van der Waals surface area contributed by atoms with Gasteiger partial charge in [0.05, 0.1) is 12.1 Å². The van der Waals surface area contributed by atoms with Crippen molar-refractivity contribution in [2.24, 2.45) is 11.5 Å². The highest BCUT2D eigenvalue weighted by Gasteiger charge is 2.32. The molecule has 0 aromatic rings. The highest BCUT2D eigenvalue weighted by Crippen LogP contribution is 2.05. The number of carboxylic acid groups (broad SMARTS) is 2. The summed E-state index contributed by atoms with van der Waals surface area (Å²) in [5.74, 6) is -5.68. The first kappa shape index (κ1) is 31.1. The van der Waals surface area contributed by atoms with Gasteiger partial charge < -0.3 is 42.7 Å². The van der Waals surface area contributed by atoms with Gasteiger partial charge in [0.25, 0.3) is 0 Å². The lowest BCUT2D eigenvalue weighted by atomic mass is 10.1. The number of rotatable bonds is 17. The molecule has 0 bridgehead atoms. The van der Waals surface area contributed by atoms with Gasteiger partial charge in [0.15, 0.2) is 0 Å². The van der Waals surface area contributed by atoms with Crippen LogP contribution in [0.4, 0.5) is 0 Å². The van der Waals surface area contributed by atoms with Gasteiger partial charge in [-0.15, -0.1) is 0 Å². The predicted molar refractivity (Wildman–Crippen MR) is 121 cm³/mol. The average molecular weight is 508 g/mol. The van der Waals surface area contributed by atoms with E-state index in [4.69, 9.17) is 16.6 Å². The maximum Gasteiger partial charge on any atom is 0.326 e. The number of hydrogen-bond donors (Lipinski definition) is 8. The standard InChI is InChI=1S/C19H33N5O9S/c1-9(25)15(24-16(29)10(20)7-8-34-2)18(31)22-11(3-5-13(21)26)17(30)23-12(19(32)33)4-6-14(27)28/h9-12,15,25H,3-8,20H2,1-2H3,(H2,21,26)(H,22,31)(H,23,30)(H,24,29)(H,27,28)(H,32,33). The summed E-state index contributed by atoms with van der Waals surface area (Å²) < 4.78 is 0. The van der Waals surface area contributed by atoms with E-state index < -0.39 is 78.7 Å². The Bertz CT molecular complexity index is 750. The molecule has 0 fully saturated rings. The van der Waals surface area contributed by atoms with Gasteiger partial charge >= 0.3 is 11.9 Å². The van der Waals surface area contributed by atoms with Gasteiger partial charge in [0.1, 0.15) is 18.1 Å². The second kappa shape index (κ2) is 15.8. The summed E-state index contributed by atoms with van der Waals surface area (Å²) in [7, 11) is 0. The van der Waals surface area contributed by atoms with Crippen LogP contribution in [0.25, 0.3) is 0 Å². The van der Waals surface area contributed by atoms with Crippen molar-refractivity contribution in [2.75, 3.05) is 12.0 Å². The summed E-state index contributed by atoms with van der Waals surface area (Å²) in [6, 6.07) is -5.48. The Hall–Kier alpha value is -2.91. The number of amides is 4. The molecule has 0 aliphatic rings. The van der Waals surface area contributed by atoms with Gasteiger partial charge in [-0.05, 0) is 38.2 Å². The number of hydrogen-bond acceptors (Lipinski definition) is 9. The fraction of sp³-hybridized carbons (Fsp3) is 0.684. The number of primary amides is 1. The topological polar surface area (TPSA) is 251 Å². The SMILES string of the molecule is CSCCC(N)C(=O)NC(C(=O)NC(CCC(N)=O)C(=O)NC(CCC(=O)O)C(=O)O)C(C)O. The van der Waals surface area contributed by atoms with Crippen molar-refractivity contribution in [3.63, 3.8) is 0 Å². The van der Waals surface area contributed by atoms with E-state index in [1.165, 1.54) is 18.7 Å². The molecule has 0 aromatic carbocycles. The lowest BCUT2D eigenvalue weighted by Crippen LogP contribution is -2.59. The molecule has 10 N–H and O–H groups in total. The van der Waals surface area contributed by atoms with Crippen LogP contribution in [0.3, 0.4) is 0 Å². The maximum atomic E-state index is 12.7. The van der Waals surface area contributed by atoms with E-state index in [1.54, 1.807) is 0 Å². The Morgan fingerprint density at radius 1 is 0.853 bits per heavy atom. The summed E-state index contributed by atoms with van der Waals surface area (Å²) in [5, 5.41) is 34.6. The van der Waals surface area contributed by atoms with Crippen molar-refractivity contribution in [3.8, 4) is 0 Å². The summed E-state index contributed by atoms with van der Waals surface area (Å²) >= 11 is 1.46. The number of nitrogens with two attached hydrogens (primary N) is 2.